The topological polar surface area (TPSA) is 80.1 Å². The number of anilines is 1. The van der Waals surface area contributed by atoms with Crippen molar-refractivity contribution in [2.75, 3.05) is 11.4 Å². The number of hydrogen-bond acceptors (Lipinski definition) is 4. The molecule has 1 aromatic heterocycles. The number of alkyl halides is 3. The molecule has 3 heterocycles. The Morgan fingerprint density at radius 3 is 2.81 bits per heavy atom. The molecule has 2 aromatic rings. The van der Waals surface area contributed by atoms with E-state index in [1.807, 2.05) is 0 Å². The van der Waals surface area contributed by atoms with Gasteiger partial charge < -0.3 is 14.8 Å². The first kappa shape index (κ1) is 21.1. The minimum absolute atomic E-state index is 0.0275. The molecular weight excluding hydrogens is 411 g/mol. The number of aromatic nitrogens is 3. The molecule has 2 amide bonds. The van der Waals surface area contributed by atoms with Crippen LogP contribution in [-0.4, -0.2) is 39.3 Å². The van der Waals surface area contributed by atoms with Gasteiger partial charge >= 0.3 is 6.18 Å². The van der Waals surface area contributed by atoms with Crippen LogP contribution in [0.25, 0.3) is 0 Å². The maximum Gasteiger partial charge on any atom is 0.392 e. The van der Waals surface area contributed by atoms with E-state index in [1.165, 1.54) is 6.08 Å². The van der Waals surface area contributed by atoms with Crippen LogP contribution in [0.15, 0.2) is 30.9 Å². The summed E-state index contributed by atoms with van der Waals surface area (Å²) in [5.41, 5.74) is 2.13. The average molecular weight is 433 g/mol. The Morgan fingerprint density at radius 2 is 2.06 bits per heavy atom. The Hall–Kier alpha value is -3.17. The molecule has 0 saturated heterocycles. The molecule has 0 spiro atoms. The summed E-state index contributed by atoms with van der Waals surface area (Å²) >= 11 is 0. The lowest BCUT2D eigenvalue weighted by atomic mass is 9.97. The van der Waals surface area contributed by atoms with E-state index in [-0.39, 0.29) is 37.7 Å². The van der Waals surface area contributed by atoms with E-state index in [1.54, 1.807) is 27.7 Å². The predicted molar refractivity (Wildman–Crippen MR) is 106 cm³/mol. The molecule has 0 saturated carbocycles. The van der Waals surface area contributed by atoms with Gasteiger partial charge in [0.05, 0.1) is 12.5 Å². The van der Waals surface area contributed by atoms with E-state index in [2.05, 4.69) is 22.1 Å². The van der Waals surface area contributed by atoms with Gasteiger partial charge in [0.1, 0.15) is 5.82 Å². The Morgan fingerprint density at radius 1 is 1.26 bits per heavy atom. The van der Waals surface area contributed by atoms with Crippen LogP contribution in [0, 0.1) is 5.92 Å². The number of nitrogens with one attached hydrogen (secondary N) is 1. The molecule has 31 heavy (non-hydrogen) atoms. The maximum absolute atomic E-state index is 13.0. The molecule has 1 atom stereocenters. The van der Waals surface area contributed by atoms with E-state index in [9.17, 15) is 22.8 Å². The van der Waals surface area contributed by atoms with E-state index in [0.29, 0.717) is 23.8 Å². The van der Waals surface area contributed by atoms with Gasteiger partial charge in [0.25, 0.3) is 5.91 Å². The first-order valence-corrected chi connectivity index (χ1v) is 10.1. The van der Waals surface area contributed by atoms with Gasteiger partial charge in [-0.3, -0.25) is 9.59 Å². The number of halogens is 3. The molecule has 10 heteroatoms. The van der Waals surface area contributed by atoms with Crippen LogP contribution in [0.1, 0.15) is 40.4 Å². The summed E-state index contributed by atoms with van der Waals surface area (Å²) in [6, 6.07) is 5.16. The van der Waals surface area contributed by atoms with Gasteiger partial charge in [0.15, 0.2) is 5.82 Å². The molecule has 1 aromatic carbocycles. The lowest BCUT2D eigenvalue weighted by Gasteiger charge is -2.29. The van der Waals surface area contributed by atoms with Gasteiger partial charge in [0.2, 0.25) is 5.91 Å². The highest BCUT2D eigenvalue weighted by molar-refractivity contribution is 6.02. The van der Waals surface area contributed by atoms with Crippen LogP contribution < -0.4 is 10.2 Å². The maximum atomic E-state index is 13.0. The summed E-state index contributed by atoms with van der Waals surface area (Å²) < 4.78 is 40.5. The van der Waals surface area contributed by atoms with E-state index in [4.69, 9.17) is 0 Å². The molecule has 7 nitrogen and oxygen atoms in total. The summed E-state index contributed by atoms with van der Waals surface area (Å²) in [4.78, 5) is 26.3. The number of carbonyl (C=O) groups excluding carboxylic acids is 2. The number of rotatable bonds is 4. The number of nitrogens with zero attached hydrogens (tertiary/aromatic N) is 4. The van der Waals surface area contributed by atoms with E-state index < -0.39 is 12.1 Å². The number of benzene rings is 1. The van der Waals surface area contributed by atoms with Crippen molar-refractivity contribution < 1.29 is 22.8 Å². The van der Waals surface area contributed by atoms with E-state index >= 15 is 0 Å². The number of hydrogen-bond donors (Lipinski definition) is 1. The molecule has 1 N–H and O–H groups in total. The molecule has 4 rings (SSSR count). The number of amides is 2. The largest absolute Gasteiger partial charge is 0.392 e. The van der Waals surface area contributed by atoms with Crippen molar-refractivity contribution in [2.24, 2.45) is 5.92 Å². The summed E-state index contributed by atoms with van der Waals surface area (Å²) in [5.74, 6) is -1.18. The second-order valence-electron chi connectivity index (χ2n) is 7.74. The first-order valence-electron chi connectivity index (χ1n) is 10.1. The van der Waals surface area contributed by atoms with Crippen molar-refractivity contribution in [3.05, 3.63) is 53.6 Å². The second kappa shape index (κ2) is 8.16. The Bertz CT molecular complexity index is 1030. The Labute approximate surface area is 176 Å². The molecule has 2 aliphatic rings. The van der Waals surface area contributed by atoms with Crippen LogP contribution in [0.4, 0.5) is 18.9 Å². The van der Waals surface area contributed by atoms with Crippen LogP contribution in [0.2, 0.25) is 0 Å². The smallest absolute Gasteiger partial charge is 0.345 e. The molecule has 0 fully saturated rings. The number of aryl methyl sites for hydroxylation is 1. The van der Waals surface area contributed by atoms with Gasteiger partial charge in [0, 0.05) is 30.8 Å². The quantitative estimate of drug-likeness (QED) is 0.752. The molecule has 0 aliphatic carbocycles. The van der Waals surface area contributed by atoms with Crippen molar-refractivity contribution in [2.45, 2.75) is 44.9 Å². The molecule has 164 valence electrons. The normalized spacial score (nSPS) is 18.2. The Kier molecular flexibility index (Phi) is 5.55. The fourth-order valence-electron chi connectivity index (χ4n) is 4.14. The lowest BCUT2D eigenvalue weighted by molar-refractivity contribution is -0.179. The van der Waals surface area contributed by atoms with Crippen LogP contribution >= 0.6 is 0 Å². The van der Waals surface area contributed by atoms with E-state index in [0.717, 1.165) is 24.1 Å². The van der Waals surface area contributed by atoms with Crippen molar-refractivity contribution in [3.63, 3.8) is 0 Å². The Balaban J connectivity index is 1.43. The van der Waals surface area contributed by atoms with Crippen molar-refractivity contribution in [1.29, 1.82) is 0 Å². The summed E-state index contributed by atoms with van der Waals surface area (Å²) in [6.45, 7) is 4.37. The third-order valence-corrected chi connectivity index (χ3v) is 5.81. The van der Waals surface area contributed by atoms with Crippen LogP contribution in [0.3, 0.4) is 0 Å². The molecule has 0 radical (unpaired) electrons. The van der Waals surface area contributed by atoms with Crippen LogP contribution in [0.5, 0.6) is 0 Å². The summed E-state index contributed by atoms with van der Waals surface area (Å²) in [5, 5.41) is 10.6. The zero-order valence-corrected chi connectivity index (χ0v) is 16.8. The number of fused-ring (bicyclic) bond motifs is 2. The third kappa shape index (κ3) is 4.19. The minimum atomic E-state index is -4.25. The lowest BCUT2D eigenvalue weighted by Crippen LogP contribution is -2.34. The van der Waals surface area contributed by atoms with Gasteiger partial charge in [-0.1, -0.05) is 6.58 Å². The predicted octanol–water partition coefficient (Wildman–Crippen LogP) is 2.80. The van der Waals surface area contributed by atoms with Crippen molar-refractivity contribution in [1.82, 2.24) is 20.1 Å². The zero-order valence-electron chi connectivity index (χ0n) is 16.8. The second-order valence-corrected chi connectivity index (χ2v) is 7.74. The third-order valence-electron chi connectivity index (χ3n) is 5.81. The zero-order chi connectivity index (χ0) is 22.2. The van der Waals surface area contributed by atoms with Crippen molar-refractivity contribution in [3.8, 4) is 0 Å². The SMILES string of the molecule is C=CC(=O)N1CCCc2cc(C(=O)NCc3nnc4n3CCC(C(F)(F)F)C4)ccc21. The monoisotopic (exact) mass is 433 g/mol. The highest BCUT2D eigenvalue weighted by atomic mass is 19.4. The standard InChI is InChI=1S/C21H22F3N5O2/c1-2-19(30)28-8-3-4-13-10-14(5-6-16(13)28)20(31)25-12-18-27-26-17-11-15(21(22,23)24)7-9-29(17)18/h2,5-6,10,15H,1,3-4,7-9,11-12H2,(H,25,31). The molecule has 0 bridgehead atoms. The van der Waals surface area contributed by atoms with Gasteiger partial charge in [-0.2, -0.15) is 13.2 Å². The number of carbonyl (C=O) groups is 2. The molecule has 1 unspecified atom stereocenters. The summed E-state index contributed by atoms with van der Waals surface area (Å²) in [6.07, 6.45) is -1.65. The highest BCUT2D eigenvalue weighted by Gasteiger charge is 2.42. The van der Waals surface area contributed by atoms with Gasteiger partial charge in [-0.05, 0) is 49.1 Å². The molecule has 2 aliphatic heterocycles. The first-order chi connectivity index (χ1) is 14.8. The van der Waals surface area contributed by atoms with Gasteiger partial charge in [-0.15, -0.1) is 10.2 Å². The minimum Gasteiger partial charge on any atom is -0.345 e. The average Bonchev–Trinajstić information content (AvgIpc) is 3.17. The van der Waals surface area contributed by atoms with Gasteiger partial charge in [-0.25, -0.2) is 0 Å². The van der Waals surface area contributed by atoms with Crippen molar-refractivity contribution >= 4 is 17.5 Å². The van der Waals surface area contributed by atoms with Crippen LogP contribution in [-0.2, 0) is 30.7 Å². The highest BCUT2D eigenvalue weighted by Crippen LogP contribution is 2.34. The molecular formula is C21H22F3N5O2. The summed E-state index contributed by atoms with van der Waals surface area (Å²) in [7, 11) is 0. The fourth-order valence-corrected chi connectivity index (χ4v) is 4.14. The fraction of sp³-hybridized carbons (Fsp3) is 0.429.